The highest BCUT2D eigenvalue weighted by Gasteiger charge is 2.26. The van der Waals surface area contributed by atoms with Gasteiger partial charge in [-0.15, -0.1) is 0 Å². The third-order valence-corrected chi connectivity index (χ3v) is 7.54. The highest BCUT2D eigenvalue weighted by Crippen LogP contribution is 2.34. The van der Waals surface area contributed by atoms with Crippen molar-refractivity contribution in [3.05, 3.63) is 87.1 Å². The zero-order valence-electron chi connectivity index (χ0n) is 22.7. The summed E-state index contributed by atoms with van der Waals surface area (Å²) in [5.41, 5.74) is 6.17. The molecule has 39 heavy (non-hydrogen) atoms. The van der Waals surface area contributed by atoms with E-state index in [0.717, 1.165) is 22.6 Å². The molecule has 1 N–H and O–H groups in total. The number of aliphatic carboxylic acids is 1. The van der Waals surface area contributed by atoms with Gasteiger partial charge in [0.25, 0.3) is 5.91 Å². The Morgan fingerprint density at radius 3 is 2.56 bits per heavy atom. The average molecular weight is 547 g/mol. The van der Waals surface area contributed by atoms with E-state index in [0.29, 0.717) is 51.6 Å². The lowest BCUT2D eigenvalue weighted by atomic mass is 10.0. The first-order valence-electron chi connectivity index (χ1n) is 12.8. The molecule has 1 atom stereocenters. The average Bonchev–Trinajstić information content (AvgIpc) is 3.14. The molecule has 0 saturated heterocycles. The molecule has 3 aromatic carbocycles. The van der Waals surface area contributed by atoms with Crippen LogP contribution >= 0.6 is 11.6 Å². The molecule has 7 nitrogen and oxygen atoms in total. The molecule has 1 aliphatic rings. The number of hydrogen-bond donors (Lipinski definition) is 1. The number of rotatable bonds is 6. The van der Waals surface area contributed by atoms with E-state index in [-0.39, 0.29) is 18.4 Å². The van der Waals surface area contributed by atoms with Crippen molar-refractivity contribution in [1.82, 2.24) is 4.57 Å². The van der Waals surface area contributed by atoms with Gasteiger partial charge in [-0.2, -0.15) is 0 Å². The summed E-state index contributed by atoms with van der Waals surface area (Å²) in [5.74, 6) is 0.338. The first-order chi connectivity index (χ1) is 18.5. The van der Waals surface area contributed by atoms with Crippen molar-refractivity contribution >= 4 is 40.1 Å². The molecule has 8 heteroatoms. The first kappa shape index (κ1) is 26.6. The van der Waals surface area contributed by atoms with Crippen molar-refractivity contribution in [2.24, 2.45) is 0 Å². The fraction of sp³-hybridized carbons (Fsp3) is 0.290. The highest BCUT2D eigenvalue weighted by molar-refractivity contribution is 6.31. The highest BCUT2D eigenvalue weighted by atomic mass is 35.5. The Bertz CT molecular complexity index is 1620. The summed E-state index contributed by atoms with van der Waals surface area (Å²) >= 11 is 6.21. The van der Waals surface area contributed by atoms with Crippen LogP contribution in [0.2, 0.25) is 5.02 Å². The summed E-state index contributed by atoms with van der Waals surface area (Å²) in [6.07, 6.45) is -0.337. The monoisotopic (exact) mass is 546 g/mol. The van der Waals surface area contributed by atoms with Gasteiger partial charge in [-0.25, -0.2) is 0 Å². The molecule has 1 aliphatic heterocycles. The van der Waals surface area contributed by atoms with Crippen LogP contribution in [0.5, 0.6) is 11.5 Å². The zero-order valence-corrected chi connectivity index (χ0v) is 23.4. The molecule has 0 spiro atoms. The number of aryl methyl sites for hydroxylation is 3. The van der Waals surface area contributed by atoms with Gasteiger partial charge in [-0.3, -0.25) is 14.2 Å². The SMILES string of the molecule is Cc1ccc2c(c1)N(C)C[C@@H](COc1cc(C)c(C(=O)n3c(C)c(CC(=O)O)c4cc(Cl)ccc43)cc1C)O2. The molecule has 4 aromatic rings. The number of halogens is 1. The summed E-state index contributed by atoms with van der Waals surface area (Å²) in [4.78, 5) is 27.6. The van der Waals surface area contributed by atoms with Crippen LogP contribution in [-0.4, -0.2) is 47.9 Å². The molecule has 0 bridgehead atoms. The lowest BCUT2D eigenvalue weighted by Crippen LogP contribution is -2.41. The molecule has 0 fully saturated rings. The predicted molar refractivity (Wildman–Crippen MR) is 153 cm³/mol. The Morgan fingerprint density at radius 2 is 1.82 bits per heavy atom. The van der Waals surface area contributed by atoms with Crippen molar-refractivity contribution in [3.63, 3.8) is 0 Å². The normalized spacial score (nSPS) is 14.7. The van der Waals surface area contributed by atoms with Crippen LogP contribution in [0.4, 0.5) is 5.69 Å². The van der Waals surface area contributed by atoms with E-state index in [2.05, 4.69) is 17.9 Å². The first-order valence-corrected chi connectivity index (χ1v) is 13.2. The van der Waals surface area contributed by atoms with E-state index in [1.807, 2.05) is 45.2 Å². The third-order valence-electron chi connectivity index (χ3n) is 7.30. The number of aromatic nitrogens is 1. The second-order valence-corrected chi connectivity index (χ2v) is 10.7. The van der Waals surface area contributed by atoms with Crippen molar-refractivity contribution < 1.29 is 24.2 Å². The van der Waals surface area contributed by atoms with E-state index in [1.54, 1.807) is 29.7 Å². The number of fused-ring (bicyclic) bond motifs is 2. The van der Waals surface area contributed by atoms with Crippen molar-refractivity contribution in [2.75, 3.05) is 25.1 Å². The molecule has 0 aliphatic carbocycles. The van der Waals surface area contributed by atoms with Gasteiger partial charge in [-0.05, 0) is 92.4 Å². The van der Waals surface area contributed by atoms with Crippen molar-refractivity contribution in [2.45, 2.75) is 40.2 Å². The van der Waals surface area contributed by atoms with E-state index in [1.165, 1.54) is 5.56 Å². The standard InChI is InChI=1S/C31H31ClN2O5/c1-17-6-9-28-27(10-17)33(5)15-22(39-28)16-38-29-12-18(2)23(11-19(29)3)31(37)34-20(4)24(14-30(35)36)25-13-21(32)7-8-26(25)34/h6-13,22H,14-16H2,1-5H3,(H,35,36)/t22-/m0/s1. The molecule has 5 rings (SSSR count). The van der Waals surface area contributed by atoms with Gasteiger partial charge in [0, 0.05) is 28.7 Å². The van der Waals surface area contributed by atoms with Gasteiger partial charge >= 0.3 is 5.97 Å². The van der Waals surface area contributed by atoms with Crippen molar-refractivity contribution in [1.29, 1.82) is 0 Å². The van der Waals surface area contributed by atoms with Crippen molar-refractivity contribution in [3.8, 4) is 11.5 Å². The molecule has 1 aromatic heterocycles. The Morgan fingerprint density at radius 1 is 1.05 bits per heavy atom. The third kappa shape index (κ3) is 5.06. The van der Waals surface area contributed by atoms with Gasteiger partial charge < -0.3 is 19.5 Å². The summed E-state index contributed by atoms with van der Waals surface area (Å²) in [7, 11) is 2.05. The van der Waals surface area contributed by atoms with Gasteiger partial charge in [0.15, 0.2) is 0 Å². The molecule has 202 valence electrons. The number of benzene rings is 3. The van der Waals surface area contributed by atoms with E-state index in [9.17, 15) is 14.7 Å². The van der Waals surface area contributed by atoms with Gasteiger partial charge in [-0.1, -0.05) is 17.7 Å². The summed E-state index contributed by atoms with van der Waals surface area (Å²) < 4.78 is 14.0. The maximum atomic E-state index is 13.8. The minimum atomic E-state index is -0.968. The van der Waals surface area contributed by atoms with Crippen LogP contribution in [0, 0.1) is 27.7 Å². The minimum absolute atomic E-state index is 0.139. The number of nitrogens with zero attached hydrogens (tertiary/aromatic N) is 2. The number of hydrogen-bond acceptors (Lipinski definition) is 5. The fourth-order valence-electron chi connectivity index (χ4n) is 5.30. The van der Waals surface area contributed by atoms with Crippen LogP contribution < -0.4 is 14.4 Å². The molecule has 0 amide bonds. The number of carboxylic acids is 1. The van der Waals surface area contributed by atoms with Crippen LogP contribution in [0.3, 0.4) is 0 Å². The lowest BCUT2D eigenvalue weighted by Gasteiger charge is -2.34. The molecular weight excluding hydrogens is 516 g/mol. The number of carboxylic acid groups (broad SMARTS) is 1. The number of carbonyl (C=O) groups excluding carboxylic acids is 1. The Kier molecular flexibility index (Phi) is 7.03. The molecule has 0 radical (unpaired) electrons. The number of carbonyl (C=O) groups is 2. The molecule has 2 heterocycles. The second-order valence-electron chi connectivity index (χ2n) is 10.3. The summed E-state index contributed by atoms with van der Waals surface area (Å²) in [6.45, 7) is 8.68. The van der Waals surface area contributed by atoms with E-state index >= 15 is 0 Å². The van der Waals surface area contributed by atoms with Gasteiger partial charge in [0.1, 0.15) is 24.2 Å². The zero-order chi connectivity index (χ0) is 28.0. The Labute approximate surface area is 232 Å². The van der Waals surface area contributed by atoms with Crippen LogP contribution in [0.15, 0.2) is 48.5 Å². The largest absolute Gasteiger partial charge is 0.489 e. The number of anilines is 1. The molecule has 0 unspecified atom stereocenters. The summed E-state index contributed by atoms with van der Waals surface area (Å²) in [5, 5.41) is 10.6. The fourth-order valence-corrected chi connectivity index (χ4v) is 5.48. The maximum absolute atomic E-state index is 13.8. The van der Waals surface area contributed by atoms with Crippen LogP contribution in [-0.2, 0) is 11.2 Å². The minimum Gasteiger partial charge on any atom is -0.489 e. The van der Waals surface area contributed by atoms with Gasteiger partial charge in [0.05, 0.1) is 24.2 Å². The topological polar surface area (TPSA) is 81.0 Å². The molecule has 0 saturated carbocycles. The quantitative estimate of drug-likeness (QED) is 0.314. The van der Waals surface area contributed by atoms with E-state index in [4.69, 9.17) is 21.1 Å². The number of likely N-dealkylation sites (N-methyl/N-ethyl adjacent to an activating group) is 1. The Balaban J connectivity index is 1.40. The molecular formula is C31H31ClN2O5. The lowest BCUT2D eigenvalue weighted by molar-refractivity contribution is -0.136. The second kappa shape index (κ2) is 10.3. The predicted octanol–water partition coefficient (Wildman–Crippen LogP) is 6.12. The van der Waals surface area contributed by atoms with Gasteiger partial charge in [0.2, 0.25) is 0 Å². The number of ether oxygens (including phenoxy) is 2. The summed E-state index contributed by atoms with van der Waals surface area (Å²) in [6, 6.07) is 15.0. The van der Waals surface area contributed by atoms with Crippen LogP contribution in [0.25, 0.3) is 10.9 Å². The maximum Gasteiger partial charge on any atom is 0.307 e. The van der Waals surface area contributed by atoms with Crippen LogP contribution in [0.1, 0.15) is 38.3 Å². The Hall–Kier alpha value is -3.97. The smallest absolute Gasteiger partial charge is 0.307 e. The van der Waals surface area contributed by atoms with E-state index < -0.39 is 5.97 Å².